The summed E-state index contributed by atoms with van der Waals surface area (Å²) in [4.78, 5) is 1.31. The molecular weight excluding hydrogens is 218 g/mol. The minimum Gasteiger partial charge on any atom is -0.393 e. The van der Waals surface area contributed by atoms with Crippen LogP contribution in [0, 0.1) is 0 Å². The molecule has 0 amide bonds. The Morgan fingerprint density at radius 1 is 1.25 bits per heavy atom. The highest BCUT2D eigenvalue weighted by molar-refractivity contribution is 7.99. The summed E-state index contributed by atoms with van der Waals surface area (Å²) in [6.45, 7) is 4.92. The molecule has 2 unspecified atom stereocenters. The van der Waals surface area contributed by atoms with E-state index in [4.69, 9.17) is 0 Å². The van der Waals surface area contributed by atoms with Gasteiger partial charge in [-0.1, -0.05) is 18.2 Å². The zero-order valence-corrected chi connectivity index (χ0v) is 10.8. The van der Waals surface area contributed by atoms with E-state index in [0.717, 1.165) is 18.7 Å². The molecule has 0 aromatic heterocycles. The van der Waals surface area contributed by atoms with Gasteiger partial charge in [0.05, 0.1) is 6.10 Å². The van der Waals surface area contributed by atoms with Crippen LogP contribution in [-0.4, -0.2) is 29.5 Å². The van der Waals surface area contributed by atoms with Crippen molar-refractivity contribution in [2.45, 2.75) is 37.3 Å². The third kappa shape index (κ3) is 6.16. The summed E-state index contributed by atoms with van der Waals surface area (Å²) < 4.78 is 0. The van der Waals surface area contributed by atoms with Crippen LogP contribution in [0.25, 0.3) is 0 Å². The molecule has 0 aliphatic rings. The molecule has 0 fully saturated rings. The number of hydrogen-bond donors (Lipinski definition) is 2. The lowest BCUT2D eigenvalue weighted by Crippen LogP contribution is -2.30. The molecule has 0 saturated heterocycles. The molecule has 0 heterocycles. The second kappa shape index (κ2) is 7.71. The van der Waals surface area contributed by atoms with Crippen LogP contribution in [0.3, 0.4) is 0 Å². The first-order valence-corrected chi connectivity index (χ1v) is 6.76. The molecule has 2 N–H and O–H groups in total. The largest absolute Gasteiger partial charge is 0.393 e. The molecule has 0 spiro atoms. The maximum absolute atomic E-state index is 9.21. The molecular formula is C13H21NOS. The fourth-order valence-electron chi connectivity index (χ4n) is 1.59. The van der Waals surface area contributed by atoms with Crippen LogP contribution in [0.1, 0.15) is 20.3 Å². The predicted molar refractivity (Wildman–Crippen MR) is 70.9 cm³/mol. The normalized spacial score (nSPS) is 14.7. The molecule has 2 nitrogen and oxygen atoms in total. The first-order chi connectivity index (χ1) is 7.68. The minimum absolute atomic E-state index is 0.218. The molecule has 0 radical (unpaired) electrons. The average Bonchev–Trinajstić information content (AvgIpc) is 2.25. The van der Waals surface area contributed by atoms with Gasteiger partial charge in [0.1, 0.15) is 0 Å². The Labute approximate surface area is 102 Å². The van der Waals surface area contributed by atoms with Gasteiger partial charge < -0.3 is 10.4 Å². The molecule has 0 aliphatic carbocycles. The van der Waals surface area contributed by atoms with Crippen LogP contribution >= 0.6 is 11.8 Å². The third-order valence-electron chi connectivity index (χ3n) is 2.30. The molecule has 0 aliphatic heterocycles. The van der Waals surface area contributed by atoms with E-state index in [1.807, 2.05) is 24.8 Å². The third-order valence-corrected chi connectivity index (χ3v) is 3.32. The van der Waals surface area contributed by atoms with Gasteiger partial charge in [-0.25, -0.2) is 0 Å². The Morgan fingerprint density at radius 3 is 2.56 bits per heavy atom. The van der Waals surface area contributed by atoms with E-state index in [1.54, 1.807) is 0 Å². The topological polar surface area (TPSA) is 32.3 Å². The second-order valence-electron chi connectivity index (χ2n) is 4.10. The van der Waals surface area contributed by atoms with Crippen LogP contribution in [0.4, 0.5) is 0 Å². The minimum atomic E-state index is -0.218. The van der Waals surface area contributed by atoms with Crippen LogP contribution < -0.4 is 5.32 Å². The van der Waals surface area contributed by atoms with E-state index < -0.39 is 0 Å². The van der Waals surface area contributed by atoms with Crippen LogP contribution in [-0.2, 0) is 0 Å². The van der Waals surface area contributed by atoms with Crippen molar-refractivity contribution in [3.8, 4) is 0 Å². The lowest BCUT2D eigenvalue weighted by Gasteiger charge is -2.14. The molecule has 0 saturated carbocycles. The van der Waals surface area contributed by atoms with E-state index in [0.29, 0.717) is 6.04 Å². The molecule has 0 bridgehead atoms. The van der Waals surface area contributed by atoms with Gasteiger partial charge in [-0.3, -0.25) is 0 Å². The van der Waals surface area contributed by atoms with Crippen molar-refractivity contribution in [3.63, 3.8) is 0 Å². The molecule has 1 aromatic carbocycles. The van der Waals surface area contributed by atoms with E-state index in [9.17, 15) is 5.11 Å². The molecule has 1 rings (SSSR count). The van der Waals surface area contributed by atoms with Gasteiger partial charge >= 0.3 is 0 Å². The van der Waals surface area contributed by atoms with E-state index >= 15 is 0 Å². The zero-order valence-electron chi connectivity index (χ0n) is 10.0. The monoisotopic (exact) mass is 239 g/mol. The summed E-state index contributed by atoms with van der Waals surface area (Å²) in [5, 5.41) is 12.6. The summed E-state index contributed by atoms with van der Waals surface area (Å²) >= 11 is 1.86. The zero-order chi connectivity index (χ0) is 11.8. The highest BCUT2D eigenvalue weighted by Crippen LogP contribution is 2.15. The number of aliphatic hydroxyl groups excluding tert-OH is 1. The highest BCUT2D eigenvalue weighted by Gasteiger charge is 2.04. The quantitative estimate of drug-likeness (QED) is 0.566. The van der Waals surface area contributed by atoms with Gasteiger partial charge in [0.2, 0.25) is 0 Å². The van der Waals surface area contributed by atoms with Gasteiger partial charge in [0, 0.05) is 23.2 Å². The molecule has 2 atom stereocenters. The van der Waals surface area contributed by atoms with Crippen molar-refractivity contribution in [2.24, 2.45) is 0 Å². The fraction of sp³-hybridized carbons (Fsp3) is 0.538. The summed E-state index contributed by atoms with van der Waals surface area (Å²) in [5.41, 5.74) is 0. The highest BCUT2D eigenvalue weighted by atomic mass is 32.2. The number of hydrogen-bond acceptors (Lipinski definition) is 3. The number of thioether (sulfide) groups is 1. The van der Waals surface area contributed by atoms with Gasteiger partial charge in [-0.05, 0) is 32.4 Å². The predicted octanol–water partition coefficient (Wildman–Crippen LogP) is 2.53. The van der Waals surface area contributed by atoms with Crippen molar-refractivity contribution in [2.75, 3.05) is 12.3 Å². The SMILES string of the molecule is CC(O)CC(C)NCCSc1ccccc1. The first-order valence-electron chi connectivity index (χ1n) is 5.78. The van der Waals surface area contributed by atoms with Crippen LogP contribution in [0.5, 0.6) is 0 Å². The average molecular weight is 239 g/mol. The number of rotatable bonds is 7. The molecule has 90 valence electrons. The maximum Gasteiger partial charge on any atom is 0.0526 e. The Balaban J connectivity index is 2.08. The Kier molecular flexibility index (Phi) is 6.53. The van der Waals surface area contributed by atoms with E-state index in [2.05, 4.69) is 36.5 Å². The van der Waals surface area contributed by atoms with Crippen molar-refractivity contribution in [3.05, 3.63) is 30.3 Å². The van der Waals surface area contributed by atoms with Gasteiger partial charge in [0.15, 0.2) is 0 Å². The Bertz CT molecular complexity index is 277. The van der Waals surface area contributed by atoms with Crippen molar-refractivity contribution in [1.29, 1.82) is 0 Å². The molecule has 3 heteroatoms. The Hall–Kier alpha value is -0.510. The van der Waals surface area contributed by atoms with Crippen LogP contribution in [0.15, 0.2) is 35.2 Å². The van der Waals surface area contributed by atoms with E-state index in [-0.39, 0.29) is 6.10 Å². The van der Waals surface area contributed by atoms with Gasteiger partial charge in [0.25, 0.3) is 0 Å². The summed E-state index contributed by atoms with van der Waals surface area (Å²) in [6, 6.07) is 10.8. The Morgan fingerprint density at radius 2 is 1.94 bits per heavy atom. The summed E-state index contributed by atoms with van der Waals surface area (Å²) in [5.74, 6) is 1.06. The van der Waals surface area contributed by atoms with Crippen LogP contribution in [0.2, 0.25) is 0 Å². The molecule has 16 heavy (non-hydrogen) atoms. The maximum atomic E-state index is 9.21. The lowest BCUT2D eigenvalue weighted by atomic mass is 10.1. The van der Waals surface area contributed by atoms with Gasteiger partial charge in [-0.15, -0.1) is 11.8 Å². The standard InChI is InChI=1S/C13H21NOS/c1-11(10-12(2)15)14-8-9-16-13-6-4-3-5-7-13/h3-7,11-12,14-15H,8-10H2,1-2H3. The molecule has 1 aromatic rings. The van der Waals surface area contributed by atoms with Crippen molar-refractivity contribution in [1.82, 2.24) is 5.32 Å². The van der Waals surface area contributed by atoms with Gasteiger partial charge in [-0.2, -0.15) is 0 Å². The second-order valence-corrected chi connectivity index (χ2v) is 5.27. The smallest absolute Gasteiger partial charge is 0.0526 e. The lowest BCUT2D eigenvalue weighted by molar-refractivity contribution is 0.171. The number of aliphatic hydroxyl groups is 1. The van der Waals surface area contributed by atoms with E-state index in [1.165, 1.54) is 4.90 Å². The summed E-state index contributed by atoms with van der Waals surface area (Å²) in [7, 11) is 0. The first kappa shape index (κ1) is 13.6. The number of benzene rings is 1. The van der Waals surface area contributed by atoms with Crippen molar-refractivity contribution >= 4 is 11.8 Å². The van der Waals surface area contributed by atoms with Crippen molar-refractivity contribution < 1.29 is 5.11 Å². The number of nitrogens with one attached hydrogen (secondary N) is 1. The summed E-state index contributed by atoms with van der Waals surface area (Å²) in [6.07, 6.45) is 0.597. The fourth-order valence-corrected chi connectivity index (χ4v) is 2.39.